The fourth-order valence-corrected chi connectivity index (χ4v) is 2.64. The van der Waals surface area contributed by atoms with E-state index < -0.39 is 42.3 Å². The number of hydrogen-bond donors (Lipinski definition) is 3. The minimum atomic E-state index is -2.80. The van der Waals surface area contributed by atoms with Crippen molar-refractivity contribution < 1.29 is 61.1 Å². The van der Waals surface area contributed by atoms with E-state index >= 15 is 0 Å². The van der Waals surface area contributed by atoms with E-state index in [9.17, 15) is 29.4 Å². The summed E-state index contributed by atoms with van der Waals surface area (Å²) in [5.41, 5.74) is -2.80. The Labute approximate surface area is 210 Å². The Morgan fingerprint density at radius 1 is 0.667 bits per heavy atom. The number of hydrogen-bond acceptors (Lipinski definition) is 7. The van der Waals surface area contributed by atoms with Gasteiger partial charge in [0.05, 0.1) is 6.42 Å². The second-order valence-electron chi connectivity index (χ2n) is 7.11. The van der Waals surface area contributed by atoms with E-state index in [4.69, 9.17) is 15.3 Å². The second kappa shape index (κ2) is 28.5. The van der Waals surface area contributed by atoms with Crippen LogP contribution in [-0.4, -0.2) is 84.3 Å². The number of carbonyl (C=O) groups is 4. The number of carbonyl (C=O) groups excluding carboxylic acids is 2. The molecule has 1 atom stereocenters. The number of aliphatic hydroxyl groups is 1. The molecule has 0 aromatic rings. The van der Waals surface area contributed by atoms with Gasteiger partial charge in [0.2, 0.25) is 0 Å². The number of rotatable bonds is 17. The van der Waals surface area contributed by atoms with Crippen molar-refractivity contribution >= 4 is 46.9 Å². The summed E-state index contributed by atoms with van der Waals surface area (Å²) < 4.78 is 0. The van der Waals surface area contributed by atoms with Crippen molar-refractivity contribution in [1.82, 2.24) is 0 Å². The van der Waals surface area contributed by atoms with E-state index in [0.717, 1.165) is 12.8 Å². The molecule has 0 aliphatic heterocycles. The standard InChI is InChI=1S/C14H28O2.C6H8O7.Mg.3H2O/c1-2-3-4-5-6-7-8-9-10-11-12-13-14(15)16;7-3(8)1-6(13,5(11)12)2-4(9)10;;;;/h2-13H2,1H3,(H,15,16);13H,1-2H2,(H,7,8)(H,9,10)(H,11,12);;3*1H2/q;;+2;;;/p-2. The minimum absolute atomic E-state index is 0. The van der Waals surface area contributed by atoms with Crippen LogP contribution >= 0.6 is 0 Å². The zero-order valence-corrected chi connectivity index (χ0v) is 20.8. The Bertz CT molecular complexity index is 483. The average Bonchev–Trinajstić information content (AvgIpc) is 2.58. The molecule has 12 nitrogen and oxygen atoms in total. The van der Waals surface area contributed by atoms with Gasteiger partial charge in [-0.2, -0.15) is 0 Å². The second-order valence-corrected chi connectivity index (χ2v) is 7.11. The summed E-state index contributed by atoms with van der Waals surface area (Å²) in [5.74, 6) is -6.24. The molecule has 0 rings (SSSR count). The van der Waals surface area contributed by atoms with Crippen LogP contribution in [0.15, 0.2) is 0 Å². The Morgan fingerprint density at radius 2 is 1.03 bits per heavy atom. The molecule has 194 valence electrons. The van der Waals surface area contributed by atoms with Gasteiger partial charge in [0.15, 0.2) is 5.60 Å². The molecule has 0 aliphatic rings. The first-order chi connectivity index (χ1) is 13.5. The Hall–Kier alpha value is -1.51. The minimum Gasteiger partial charge on any atom is -0.550 e. The van der Waals surface area contributed by atoms with E-state index in [1.807, 2.05) is 0 Å². The molecule has 0 amide bonds. The number of aliphatic carboxylic acids is 4. The van der Waals surface area contributed by atoms with Gasteiger partial charge in [-0.1, -0.05) is 71.1 Å². The molecule has 9 N–H and O–H groups in total. The van der Waals surface area contributed by atoms with Gasteiger partial charge in [-0.15, -0.1) is 0 Å². The van der Waals surface area contributed by atoms with Gasteiger partial charge in [-0.05, 0) is 12.8 Å². The number of carboxylic acid groups (broad SMARTS) is 4. The van der Waals surface area contributed by atoms with Crippen LogP contribution in [0.3, 0.4) is 0 Å². The van der Waals surface area contributed by atoms with Gasteiger partial charge in [-0.25, -0.2) is 4.79 Å². The van der Waals surface area contributed by atoms with Crippen LogP contribution in [0.2, 0.25) is 0 Å². The van der Waals surface area contributed by atoms with Crippen LogP contribution in [0.4, 0.5) is 0 Å². The quantitative estimate of drug-likeness (QED) is 0.148. The largest absolute Gasteiger partial charge is 2.00 e. The molecular formula is C20H40MgO12. The molecular weight excluding hydrogens is 457 g/mol. The third-order valence-corrected chi connectivity index (χ3v) is 4.26. The molecule has 1 unspecified atom stereocenters. The van der Waals surface area contributed by atoms with Crippen LogP contribution < -0.4 is 10.2 Å². The van der Waals surface area contributed by atoms with E-state index in [0.29, 0.717) is 0 Å². The fourth-order valence-electron chi connectivity index (χ4n) is 2.64. The summed E-state index contributed by atoms with van der Waals surface area (Å²) >= 11 is 0. The van der Waals surface area contributed by atoms with Gasteiger partial charge in [-0.3, -0.25) is 4.79 Å². The van der Waals surface area contributed by atoms with Crippen molar-refractivity contribution in [2.45, 2.75) is 102 Å². The van der Waals surface area contributed by atoms with Crippen LogP contribution in [0.25, 0.3) is 0 Å². The summed E-state index contributed by atoms with van der Waals surface area (Å²) in [5, 5.41) is 45.7. The molecule has 0 spiro atoms. The summed E-state index contributed by atoms with van der Waals surface area (Å²) in [7, 11) is 0. The van der Waals surface area contributed by atoms with Crippen LogP contribution in [-0.2, 0) is 19.2 Å². The number of carboxylic acids is 4. The smallest absolute Gasteiger partial charge is 0.550 e. The third kappa shape index (κ3) is 32.7. The first kappa shape index (κ1) is 45.1. The molecule has 0 heterocycles. The molecule has 0 saturated carbocycles. The van der Waals surface area contributed by atoms with Crippen molar-refractivity contribution in [2.75, 3.05) is 0 Å². The van der Waals surface area contributed by atoms with E-state index in [-0.39, 0.29) is 45.9 Å². The fraction of sp³-hybridized carbons (Fsp3) is 0.800. The molecule has 0 aliphatic carbocycles. The van der Waals surface area contributed by atoms with Gasteiger partial charge >= 0.3 is 35.0 Å². The Kier molecular flexibility index (Phi) is 38.9. The molecule has 33 heavy (non-hydrogen) atoms. The van der Waals surface area contributed by atoms with Crippen molar-refractivity contribution in [3.05, 3.63) is 0 Å². The van der Waals surface area contributed by atoms with Crippen molar-refractivity contribution in [2.24, 2.45) is 0 Å². The molecule has 0 saturated heterocycles. The Morgan fingerprint density at radius 3 is 1.30 bits per heavy atom. The van der Waals surface area contributed by atoms with Crippen LogP contribution in [0.1, 0.15) is 96.8 Å². The zero-order valence-electron chi connectivity index (χ0n) is 19.4. The summed E-state index contributed by atoms with van der Waals surface area (Å²) in [6.45, 7) is 2.24. The first-order valence-electron chi connectivity index (χ1n) is 10.1. The predicted molar refractivity (Wildman–Crippen MR) is 117 cm³/mol. The average molecular weight is 497 g/mol. The maximum Gasteiger partial charge on any atom is 2.00 e. The van der Waals surface area contributed by atoms with E-state index in [2.05, 4.69) is 6.92 Å². The van der Waals surface area contributed by atoms with E-state index in [1.165, 1.54) is 57.8 Å². The maximum absolute atomic E-state index is 10.3. The molecule has 13 heteroatoms. The molecule has 0 bridgehead atoms. The third-order valence-electron chi connectivity index (χ3n) is 4.26. The molecule has 0 radical (unpaired) electrons. The maximum atomic E-state index is 10.3. The van der Waals surface area contributed by atoms with Gasteiger partial charge in [0, 0.05) is 18.4 Å². The van der Waals surface area contributed by atoms with Crippen molar-refractivity contribution in [1.29, 1.82) is 0 Å². The SMILES string of the molecule is CCCCCCCCCCCCCC(=O)[O-].O.O.O.O=C([O-])CC(O)(CC(=O)O)C(=O)O.[Mg+2]. The number of unbranched alkanes of at least 4 members (excludes halogenated alkanes) is 10. The first-order valence-corrected chi connectivity index (χ1v) is 10.1. The Balaban J connectivity index is -0.000000100. The van der Waals surface area contributed by atoms with Gasteiger partial charge in [0.1, 0.15) is 0 Å². The van der Waals surface area contributed by atoms with Crippen molar-refractivity contribution in [3.63, 3.8) is 0 Å². The molecule has 0 aromatic carbocycles. The summed E-state index contributed by atoms with van der Waals surface area (Å²) in [6, 6.07) is 0. The predicted octanol–water partition coefficient (Wildman–Crippen LogP) is -2.00. The normalized spacial score (nSPS) is 10.8. The molecule has 0 aromatic heterocycles. The van der Waals surface area contributed by atoms with Gasteiger partial charge in [0.25, 0.3) is 0 Å². The zero-order chi connectivity index (χ0) is 22.7. The topological polar surface area (TPSA) is 270 Å². The monoisotopic (exact) mass is 496 g/mol. The van der Waals surface area contributed by atoms with Crippen molar-refractivity contribution in [3.8, 4) is 0 Å². The van der Waals surface area contributed by atoms with E-state index in [1.54, 1.807) is 0 Å². The summed E-state index contributed by atoms with van der Waals surface area (Å²) in [6.07, 6.45) is 11.6. The summed E-state index contributed by atoms with van der Waals surface area (Å²) in [4.78, 5) is 40.5. The van der Waals surface area contributed by atoms with Crippen LogP contribution in [0.5, 0.6) is 0 Å². The van der Waals surface area contributed by atoms with Crippen LogP contribution in [0, 0.1) is 0 Å². The molecule has 0 fully saturated rings. The van der Waals surface area contributed by atoms with Gasteiger partial charge < -0.3 is 51.6 Å².